The first kappa shape index (κ1) is 20.0. The first-order valence-corrected chi connectivity index (χ1v) is 11.1. The Morgan fingerprint density at radius 1 is 0.968 bits per heavy atom. The molecule has 0 aliphatic carbocycles. The summed E-state index contributed by atoms with van der Waals surface area (Å²) in [6, 6.07) is 6.04. The number of thiazole rings is 1. The molecule has 0 saturated carbocycles. The summed E-state index contributed by atoms with van der Waals surface area (Å²) < 4.78 is 40.1. The molecule has 5 rings (SSSR count). The van der Waals surface area contributed by atoms with Crippen molar-refractivity contribution in [1.29, 1.82) is 0 Å². The summed E-state index contributed by atoms with van der Waals surface area (Å²) in [5.41, 5.74) is 0.315. The first-order chi connectivity index (χ1) is 14.8. The van der Waals surface area contributed by atoms with Gasteiger partial charge in [0, 0.05) is 43.3 Å². The molecule has 2 amide bonds. The highest BCUT2D eigenvalue weighted by Crippen LogP contribution is 2.30. The number of rotatable bonds is 2. The lowest BCUT2D eigenvalue weighted by Crippen LogP contribution is -2.50. The van der Waals surface area contributed by atoms with Gasteiger partial charge in [0.2, 0.25) is 0 Å². The van der Waals surface area contributed by atoms with Crippen LogP contribution in [0.1, 0.15) is 25.6 Å². The van der Waals surface area contributed by atoms with Gasteiger partial charge in [-0.3, -0.25) is 14.0 Å². The van der Waals surface area contributed by atoms with E-state index in [0.717, 1.165) is 27.4 Å². The van der Waals surface area contributed by atoms with Gasteiger partial charge in [-0.1, -0.05) is 0 Å². The van der Waals surface area contributed by atoms with E-state index < -0.39 is 11.7 Å². The van der Waals surface area contributed by atoms with E-state index in [1.165, 1.54) is 34.8 Å². The van der Waals surface area contributed by atoms with E-state index in [9.17, 15) is 22.8 Å². The maximum Gasteiger partial charge on any atom is 0.416 e. The average Bonchev–Trinajstić information content (AvgIpc) is 3.45. The van der Waals surface area contributed by atoms with E-state index in [4.69, 9.17) is 0 Å². The predicted molar refractivity (Wildman–Crippen MR) is 112 cm³/mol. The maximum absolute atomic E-state index is 12.9. The number of thiophene rings is 1. The van der Waals surface area contributed by atoms with Crippen molar-refractivity contribution in [3.05, 3.63) is 57.9 Å². The van der Waals surface area contributed by atoms with Gasteiger partial charge >= 0.3 is 6.18 Å². The van der Waals surface area contributed by atoms with Crippen LogP contribution in [0, 0.1) is 0 Å². The van der Waals surface area contributed by atoms with E-state index in [0.29, 0.717) is 31.1 Å². The van der Waals surface area contributed by atoms with Crippen LogP contribution >= 0.6 is 22.7 Å². The molecule has 3 aromatic heterocycles. The van der Waals surface area contributed by atoms with Gasteiger partial charge < -0.3 is 9.80 Å². The van der Waals surface area contributed by atoms with Crippen molar-refractivity contribution in [2.75, 3.05) is 26.2 Å². The summed E-state index contributed by atoms with van der Waals surface area (Å²) in [5.74, 6) is -0.440. The third-order valence-electron chi connectivity index (χ3n) is 5.26. The van der Waals surface area contributed by atoms with Crippen LogP contribution in [0.15, 0.2) is 41.9 Å². The summed E-state index contributed by atoms with van der Waals surface area (Å²) in [5, 5.41) is 1.94. The Bertz CT molecular complexity index is 1280. The molecule has 0 unspecified atom stereocenters. The number of carbonyl (C=O) groups is 2. The zero-order chi connectivity index (χ0) is 21.8. The molecule has 1 aromatic carbocycles. The number of carbonyl (C=O) groups excluding carboxylic acids is 2. The number of fused-ring (bicyclic) bond motifs is 3. The maximum atomic E-state index is 12.9. The Hall–Kier alpha value is -2.92. The molecular formula is C20H15F3N4O2S2. The molecule has 4 heterocycles. The molecule has 0 atom stereocenters. The van der Waals surface area contributed by atoms with Gasteiger partial charge in [-0.25, -0.2) is 4.98 Å². The number of alkyl halides is 3. The van der Waals surface area contributed by atoms with Gasteiger partial charge in [-0.15, -0.1) is 22.7 Å². The van der Waals surface area contributed by atoms with Crippen molar-refractivity contribution in [1.82, 2.24) is 19.2 Å². The van der Waals surface area contributed by atoms with Gasteiger partial charge in [0.15, 0.2) is 4.96 Å². The molecule has 11 heteroatoms. The number of benzene rings is 1. The molecule has 1 saturated heterocycles. The molecule has 0 spiro atoms. The minimum absolute atomic E-state index is 0.103. The summed E-state index contributed by atoms with van der Waals surface area (Å²) in [7, 11) is 0. The standard InChI is InChI=1S/C20H15F3N4O2S2/c21-20(22,23)13-3-1-12(2-4-13)17(28)25-5-7-26(8-6-25)18(29)15-11-14-16(31-15)24-19-27(14)9-10-30-19/h1-4,9-11H,5-8H2. The van der Waals surface area contributed by atoms with Gasteiger partial charge in [-0.2, -0.15) is 13.2 Å². The molecule has 6 nitrogen and oxygen atoms in total. The van der Waals surface area contributed by atoms with Crippen LogP contribution in [0.5, 0.6) is 0 Å². The summed E-state index contributed by atoms with van der Waals surface area (Å²) in [6.07, 6.45) is -2.52. The highest BCUT2D eigenvalue weighted by molar-refractivity contribution is 7.21. The monoisotopic (exact) mass is 464 g/mol. The highest BCUT2D eigenvalue weighted by atomic mass is 32.1. The summed E-state index contributed by atoms with van der Waals surface area (Å²) in [6.45, 7) is 1.37. The van der Waals surface area contributed by atoms with Gasteiger partial charge in [0.05, 0.1) is 16.0 Å². The fraction of sp³-hybridized carbons (Fsp3) is 0.250. The topological polar surface area (TPSA) is 57.9 Å². The second-order valence-corrected chi connectivity index (χ2v) is 9.03. The summed E-state index contributed by atoms with van der Waals surface area (Å²) >= 11 is 2.88. The zero-order valence-corrected chi connectivity index (χ0v) is 17.6. The van der Waals surface area contributed by atoms with Crippen molar-refractivity contribution in [2.45, 2.75) is 6.18 Å². The number of hydrogen-bond donors (Lipinski definition) is 0. The van der Waals surface area contributed by atoms with Crippen LogP contribution < -0.4 is 0 Å². The minimum Gasteiger partial charge on any atom is -0.335 e. The fourth-order valence-corrected chi connectivity index (χ4v) is 5.37. The number of amides is 2. The molecule has 0 radical (unpaired) electrons. The van der Waals surface area contributed by atoms with Gasteiger partial charge in [0.1, 0.15) is 4.83 Å². The van der Waals surface area contributed by atoms with E-state index in [-0.39, 0.29) is 17.4 Å². The van der Waals surface area contributed by atoms with Crippen LogP contribution in [-0.2, 0) is 6.18 Å². The van der Waals surface area contributed by atoms with Crippen LogP contribution in [-0.4, -0.2) is 57.2 Å². The van der Waals surface area contributed by atoms with Crippen LogP contribution in [0.4, 0.5) is 13.2 Å². The Morgan fingerprint density at radius 3 is 2.26 bits per heavy atom. The third kappa shape index (κ3) is 3.57. The lowest BCUT2D eigenvalue weighted by atomic mass is 10.1. The molecule has 1 fully saturated rings. The molecule has 1 aliphatic heterocycles. The number of imidazole rings is 1. The Kier molecular flexibility index (Phi) is 4.74. The second kappa shape index (κ2) is 7.34. The van der Waals surface area contributed by atoms with Crippen molar-refractivity contribution < 1.29 is 22.8 Å². The van der Waals surface area contributed by atoms with E-state index >= 15 is 0 Å². The molecule has 31 heavy (non-hydrogen) atoms. The van der Waals surface area contributed by atoms with Crippen molar-refractivity contribution in [3.63, 3.8) is 0 Å². The molecule has 1 aliphatic rings. The number of aromatic nitrogens is 2. The largest absolute Gasteiger partial charge is 0.416 e. The van der Waals surface area contributed by atoms with E-state index in [1.807, 2.05) is 22.0 Å². The van der Waals surface area contributed by atoms with Crippen LogP contribution in [0.2, 0.25) is 0 Å². The van der Waals surface area contributed by atoms with Crippen LogP contribution in [0.3, 0.4) is 0 Å². The van der Waals surface area contributed by atoms with E-state index in [1.54, 1.807) is 9.80 Å². The normalized spacial score (nSPS) is 15.2. The Morgan fingerprint density at radius 2 is 1.61 bits per heavy atom. The third-order valence-corrected chi connectivity index (χ3v) is 7.03. The van der Waals surface area contributed by atoms with Crippen molar-refractivity contribution >= 4 is 49.8 Å². The summed E-state index contributed by atoms with van der Waals surface area (Å²) in [4.78, 5) is 35.6. The molecule has 4 aromatic rings. The number of hydrogen-bond acceptors (Lipinski definition) is 5. The van der Waals surface area contributed by atoms with Gasteiger partial charge in [-0.05, 0) is 30.3 Å². The zero-order valence-electron chi connectivity index (χ0n) is 15.9. The Labute approximate surface area is 182 Å². The highest BCUT2D eigenvalue weighted by Gasteiger charge is 2.31. The first-order valence-electron chi connectivity index (χ1n) is 9.42. The quantitative estimate of drug-likeness (QED) is 0.446. The Balaban J connectivity index is 1.25. The van der Waals surface area contributed by atoms with Crippen molar-refractivity contribution in [3.8, 4) is 0 Å². The number of halogens is 3. The lowest BCUT2D eigenvalue weighted by molar-refractivity contribution is -0.137. The number of nitrogens with zero attached hydrogens (tertiary/aromatic N) is 4. The average molecular weight is 464 g/mol. The van der Waals surface area contributed by atoms with Crippen LogP contribution in [0.25, 0.3) is 15.3 Å². The fourth-order valence-electron chi connectivity index (χ4n) is 3.61. The van der Waals surface area contributed by atoms with Crippen molar-refractivity contribution in [2.24, 2.45) is 0 Å². The molecule has 160 valence electrons. The molecule has 0 bridgehead atoms. The molecule has 0 N–H and O–H groups in total. The predicted octanol–water partition coefficient (Wildman–Crippen LogP) is 4.23. The SMILES string of the molecule is O=C(c1ccc(C(F)(F)F)cc1)N1CCN(C(=O)c2cc3c(nc4sccn43)s2)CC1. The second-order valence-electron chi connectivity index (χ2n) is 7.13. The van der Waals surface area contributed by atoms with Gasteiger partial charge in [0.25, 0.3) is 11.8 Å². The molecular weight excluding hydrogens is 449 g/mol. The smallest absolute Gasteiger partial charge is 0.335 e. The minimum atomic E-state index is -4.44. The van der Waals surface area contributed by atoms with E-state index in [2.05, 4.69) is 4.98 Å². The number of piperazine rings is 1. The lowest BCUT2D eigenvalue weighted by Gasteiger charge is -2.34.